The van der Waals surface area contributed by atoms with Crippen molar-refractivity contribution in [2.24, 2.45) is 0 Å². The topological polar surface area (TPSA) is 62.2 Å². The minimum atomic E-state index is 0.116. The molecule has 1 amide bonds. The lowest BCUT2D eigenvalue weighted by atomic mass is 10.1. The number of aryl methyl sites for hydroxylation is 1. The number of hydrogen-bond donors (Lipinski definition) is 0. The molecule has 0 N–H and O–H groups in total. The van der Waals surface area contributed by atoms with Gasteiger partial charge in [-0.25, -0.2) is 0 Å². The summed E-state index contributed by atoms with van der Waals surface area (Å²) in [6, 6.07) is 6.30. The highest BCUT2D eigenvalue weighted by atomic mass is 16.2. The molecule has 1 aliphatic heterocycles. The maximum atomic E-state index is 11.8. The predicted octanol–water partition coefficient (Wildman–Crippen LogP) is 2.23. The van der Waals surface area contributed by atoms with Gasteiger partial charge >= 0.3 is 0 Å². The molecule has 1 fully saturated rings. The molecule has 0 bridgehead atoms. The average Bonchev–Trinajstić information content (AvgIpc) is 3.09. The van der Waals surface area contributed by atoms with Crippen molar-refractivity contribution in [1.82, 2.24) is 24.8 Å². The lowest BCUT2D eigenvalue weighted by Crippen LogP contribution is -2.24. The van der Waals surface area contributed by atoms with Gasteiger partial charge in [-0.2, -0.15) is 0 Å². The van der Waals surface area contributed by atoms with Crippen molar-refractivity contribution in [2.75, 3.05) is 20.6 Å². The van der Waals surface area contributed by atoms with Crippen LogP contribution in [-0.2, 0) is 17.8 Å². The Morgan fingerprint density at radius 3 is 2.92 bits per heavy atom. The molecule has 0 spiro atoms. The Kier molecular flexibility index (Phi) is 5.71. The molecule has 6 heteroatoms. The van der Waals surface area contributed by atoms with Crippen LogP contribution in [0.4, 0.5) is 0 Å². The van der Waals surface area contributed by atoms with E-state index in [1.54, 1.807) is 25.2 Å². The number of likely N-dealkylation sites (tertiary alicyclic amines) is 1. The third kappa shape index (κ3) is 4.60. The molecule has 2 aromatic heterocycles. The Labute approximate surface area is 148 Å². The molecule has 25 heavy (non-hydrogen) atoms. The number of nitrogens with zero attached hydrogens (tertiary/aromatic N) is 5. The van der Waals surface area contributed by atoms with Gasteiger partial charge in [0, 0.05) is 45.7 Å². The van der Waals surface area contributed by atoms with Crippen LogP contribution in [0.15, 0.2) is 36.8 Å². The number of carbonyl (C=O) groups excluding carboxylic acids is 1. The second kappa shape index (κ2) is 8.16. The normalized spacial score (nSPS) is 17.6. The van der Waals surface area contributed by atoms with Crippen molar-refractivity contribution < 1.29 is 4.79 Å². The highest BCUT2D eigenvalue weighted by molar-refractivity contribution is 5.75. The molecule has 1 atom stereocenters. The van der Waals surface area contributed by atoms with Crippen LogP contribution in [0, 0.1) is 0 Å². The van der Waals surface area contributed by atoms with Gasteiger partial charge < -0.3 is 4.90 Å². The molecule has 6 nitrogen and oxygen atoms in total. The fourth-order valence-corrected chi connectivity index (χ4v) is 3.21. The van der Waals surface area contributed by atoms with Crippen LogP contribution in [0.2, 0.25) is 0 Å². The molecule has 3 heterocycles. The molecule has 0 saturated carbocycles. The summed E-state index contributed by atoms with van der Waals surface area (Å²) in [6.07, 6.45) is 8.80. The first-order chi connectivity index (χ1) is 12.1. The third-order valence-electron chi connectivity index (χ3n) is 4.59. The fraction of sp³-hybridized carbons (Fsp3) is 0.474. The summed E-state index contributed by atoms with van der Waals surface area (Å²) in [4.78, 5) is 29.4. The number of pyridine rings is 1. The molecule has 1 aliphatic rings. The Hall–Kier alpha value is -2.34. The van der Waals surface area contributed by atoms with E-state index in [1.807, 2.05) is 24.5 Å². The molecule has 2 aromatic rings. The number of amides is 1. The Bertz CT molecular complexity index is 704. The fourth-order valence-electron chi connectivity index (χ4n) is 3.21. The molecule has 0 aliphatic carbocycles. The third-order valence-corrected chi connectivity index (χ3v) is 4.59. The number of hydrogen-bond acceptors (Lipinski definition) is 5. The van der Waals surface area contributed by atoms with E-state index in [4.69, 9.17) is 4.98 Å². The van der Waals surface area contributed by atoms with Gasteiger partial charge in [-0.3, -0.25) is 24.6 Å². The minimum absolute atomic E-state index is 0.116. The lowest BCUT2D eigenvalue weighted by molar-refractivity contribution is -0.128. The van der Waals surface area contributed by atoms with Crippen molar-refractivity contribution in [2.45, 2.75) is 38.3 Å². The molecule has 132 valence electrons. The Morgan fingerprint density at radius 2 is 2.16 bits per heavy atom. The van der Waals surface area contributed by atoms with Crippen LogP contribution in [0.1, 0.15) is 42.4 Å². The Balaban J connectivity index is 1.68. The Morgan fingerprint density at radius 1 is 1.28 bits per heavy atom. The highest BCUT2D eigenvalue weighted by Crippen LogP contribution is 2.31. The maximum absolute atomic E-state index is 11.8. The molecule has 0 unspecified atom stereocenters. The van der Waals surface area contributed by atoms with Gasteiger partial charge in [-0.15, -0.1) is 0 Å². The molecule has 0 radical (unpaired) electrons. The van der Waals surface area contributed by atoms with E-state index in [-0.39, 0.29) is 11.9 Å². The van der Waals surface area contributed by atoms with Crippen LogP contribution in [-0.4, -0.2) is 51.3 Å². The molecular weight excluding hydrogens is 314 g/mol. The van der Waals surface area contributed by atoms with Crippen molar-refractivity contribution in [3.63, 3.8) is 0 Å². The second-order valence-electron chi connectivity index (χ2n) is 6.67. The van der Waals surface area contributed by atoms with Crippen LogP contribution >= 0.6 is 0 Å². The SMILES string of the molecule is CN(C)C(=O)CCc1cncc([C@H]2CCCN2Cc2ccccn2)n1. The first-order valence-corrected chi connectivity index (χ1v) is 8.78. The van der Waals surface area contributed by atoms with Gasteiger partial charge in [0.25, 0.3) is 0 Å². The van der Waals surface area contributed by atoms with Crippen LogP contribution in [0.5, 0.6) is 0 Å². The summed E-state index contributed by atoms with van der Waals surface area (Å²) in [5.74, 6) is 0.116. The first kappa shape index (κ1) is 17.5. The van der Waals surface area contributed by atoms with E-state index in [0.717, 1.165) is 43.0 Å². The summed E-state index contributed by atoms with van der Waals surface area (Å²) >= 11 is 0. The van der Waals surface area contributed by atoms with Gasteiger partial charge in [-0.1, -0.05) is 6.07 Å². The highest BCUT2D eigenvalue weighted by Gasteiger charge is 2.27. The number of carbonyl (C=O) groups is 1. The van der Waals surface area contributed by atoms with Crippen molar-refractivity contribution in [3.8, 4) is 0 Å². The van der Waals surface area contributed by atoms with Crippen molar-refractivity contribution in [3.05, 3.63) is 53.9 Å². The van der Waals surface area contributed by atoms with Crippen LogP contribution in [0.3, 0.4) is 0 Å². The minimum Gasteiger partial charge on any atom is -0.349 e. The maximum Gasteiger partial charge on any atom is 0.222 e. The quantitative estimate of drug-likeness (QED) is 0.808. The van der Waals surface area contributed by atoms with Gasteiger partial charge in [0.15, 0.2) is 0 Å². The van der Waals surface area contributed by atoms with E-state index < -0.39 is 0 Å². The summed E-state index contributed by atoms with van der Waals surface area (Å²) in [6.45, 7) is 1.88. The number of rotatable bonds is 6. The van der Waals surface area contributed by atoms with E-state index in [0.29, 0.717) is 12.8 Å². The van der Waals surface area contributed by atoms with Gasteiger partial charge in [0.05, 0.1) is 23.1 Å². The zero-order valence-corrected chi connectivity index (χ0v) is 14.9. The molecule has 0 aromatic carbocycles. The smallest absolute Gasteiger partial charge is 0.222 e. The van der Waals surface area contributed by atoms with Crippen molar-refractivity contribution >= 4 is 5.91 Å². The summed E-state index contributed by atoms with van der Waals surface area (Å²) in [5.41, 5.74) is 2.97. The average molecular weight is 339 g/mol. The molecular formula is C19H25N5O. The summed E-state index contributed by atoms with van der Waals surface area (Å²) in [5, 5.41) is 0. The zero-order chi connectivity index (χ0) is 17.6. The van der Waals surface area contributed by atoms with Crippen LogP contribution in [0.25, 0.3) is 0 Å². The lowest BCUT2D eigenvalue weighted by Gasteiger charge is -2.23. The van der Waals surface area contributed by atoms with E-state index in [2.05, 4.69) is 20.9 Å². The van der Waals surface area contributed by atoms with Gasteiger partial charge in [-0.05, 0) is 37.9 Å². The summed E-state index contributed by atoms with van der Waals surface area (Å²) < 4.78 is 0. The van der Waals surface area contributed by atoms with Crippen LogP contribution < -0.4 is 0 Å². The summed E-state index contributed by atoms with van der Waals surface area (Å²) in [7, 11) is 3.55. The molecule has 3 rings (SSSR count). The van der Waals surface area contributed by atoms with E-state index in [1.165, 1.54) is 0 Å². The van der Waals surface area contributed by atoms with Gasteiger partial charge in [0.1, 0.15) is 0 Å². The molecule has 1 saturated heterocycles. The van der Waals surface area contributed by atoms with E-state index in [9.17, 15) is 4.79 Å². The predicted molar refractivity (Wildman–Crippen MR) is 95.7 cm³/mol. The monoisotopic (exact) mass is 339 g/mol. The number of aromatic nitrogens is 3. The van der Waals surface area contributed by atoms with Crippen molar-refractivity contribution in [1.29, 1.82) is 0 Å². The largest absolute Gasteiger partial charge is 0.349 e. The zero-order valence-electron chi connectivity index (χ0n) is 14.9. The second-order valence-corrected chi connectivity index (χ2v) is 6.67. The standard InChI is InChI=1S/C19H25N5O/c1-23(2)19(25)9-8-15-12-20-13-17(22-15)18-7-5-11-24(18)14-16-6-3-4-10-21-16/h3-4,6,10,12-13,18H,5,7-9,11,14H2,1-2H3/t18-/m1/s1. The van der Waals surface area contributed by atoms with Gasteiger partial charge in [0.2, 0.25) is 5.91 Å². The first-order valence-electron chi connectivity index (χ1n) is 8.78. The van der Waals surface area contributed by atoms with E-state index >= 15 is 0 Å².